The molecule has 4 rings (SSSR count). The minimum atomic E-state index is -0.190. The first kappa shape index (κ1) is 20.8. The van der Waals surface area contributed by atoms with E-state index in [0.29, 0.717) is 39.3 Å². The maximum absolute atomic E-state index is 13.0. The number of carbonyl (C=O) groups excluding carboxylic acids is 1. The van der Waals surface area contributed by atoms with Crippen LogP contribution in [-0.4, -0.2) is 46.5 Å². The Morgan fingerprint density at radius 2 is 1.87 bits per heavy atom. The van der Waals surface area contributed by atoms with Gasteiger partial charge < -0.3 is 15.2 Å². The molecule has 2 heterocycles. The lowest BCUT2D eigenvalue weighted by atomic mass is 10.1. The molecule has 1 aliphatic rings. The van der Waals surface area contributed by atoms with E-state index in [0.717, 1.165) is 25.2 Å². The van der Waals surface area contributed by atoms with E-state index in [4.69, 9.17) is 23.8 Å². The predicted octanol–water partition coefficient (Wildman–Crippen LogP) is 3.59. The maximum Gasteiger partial charge on any atom is 0.262 e. The second-order valence-electron chi connectivity index (χ2n) is 7.51. The number of halogens is 1. The van der Waals surface area contributed by atoms with Crippen molar-refractivity contribution in [2.45, 2.75) is 19.4 Å². The number of benzene rings is 2. The molecule has 3 aromatic rings. The summed E-state index contributed by atoms with van der Waals surface area (Å²) in [5.41, 5.74) is 1.80. The van der Waals surface area contributed by atoms with E-state index in [1.165, 1.54) is 17.4 Å². The van der Waals surface area contributed by atoms with Gasteiger partial charge in [0.15, 0.2) is 4.77 Å². The third kappa shape index (κ3) is 4.64. The molecule has 0 aliphatic carbocycles. The number of hydrogen-bond acceptors (Lipinski definition) is 4. The van der Waals surface area contributed by atoms with Crippen molar-refractivity contribution < 1.29 is 4.79 Å². The summed E-state index contributed by atoms with van der Waals surface area (Å²) < 4.78 is 1.82. The van der Waals surface area contributed by atoms with Crippen LogP contribution in [0.5, 0.6) is 0 Å². The molecule has 6 nitrogen and oxygen atoms in total. The highest BCUT2D eigenvalue weighted by atomic mass is 35.5. The van der Waals surface area contributed by atoms with Crippen molar-refractivity contribution in [2.24, 2.45) is 0 Å². The van der Waals surface area contributed by atoms with Crippen LogP contribution >= 0.6 is 23.8 Å². The van der Waals surface area contributed by atoms with Crippen molar-refractivity contribution in [3.63, 3.8) is 0 Å². The Morgan fingerprint density at radius 3 is 2.60 bits per heavy atom. The molecule has 2 N–H and O–H groups in total. The van der Waals surface area contributed by atoms with E-state index in [1.807, 2.05) is 12.1 Å². The zero-order valence-electron chi connectivity index (χ0n) is 16.5. The smallest absolute Gasteiger partial charge is 0.262 e. The predicted molar refractivity (Wildman–Crippen MR) is 122 cm³/mol. The van der Waals surface area contributed by atoms with E-state index >= 15 is 0 Å². The Kier molecular flexibility index (Phi) is 6.32. The number of aromatic nitrogens is 2. The van der Waals surface area contributed by atoms with Gasteiger partial charge in [-0.2, -0.15) is 0 Å². The molecular formula is C22H23ClN4O2S. The number of H-pyrrole nitrogens is 1. The lowest BCUT2D eigenvalue weighted by Gasteiger charge is -2.15. The van der Waals surface area contributed by atoms with Gasteiger partial charge in [0.05, 0.1) is 17.4 Å². The standard InChI is InChI=1S/C22H23ClN4O2S/c23-17-6-3-15(4-7-17)14-27-21(29)18-8-5-16(13-19(18)25-22(27)30)20(28)24-9-12-26-10-1-2-11-26/h3-8,13H,1-2,9-12,14H2,(H,24,28)(H,25,30). The highest BCUT2D eigenvalue weighted by molar-refractivity contribution is 7.71. The fraction of sp³-hybridized carbons (Fsp3) is 0.318. The summed E-state index contributed by atoms with van der Waals surface area (Å²) in [6, 6.07) is 12.3. The molecule has 0 radical (unpaired) electrons. The number of likely N-dealkylation sites (tertiary alicyclic amines) is 1. The minimum Gasteiger partial charge on any atom is -0.351 e. The van der Waals surface area contributed by atoms with Gasteiger partial charge >= 0.3 is 0 Å². The van der Waals surface area contributed by atoms with Crippen molar-refractivity contribution in [1.29, 1.82) is 0 Å². The molecule has 30 heavy (non-hydrogen) atoms. The number of rotatable bonds is 6. The van der Waals surface area contributed by atoms with Gasteiger partial charge in [-0.3, -0.25) is 14.2 Å². The van der Waals surface area contributed by atoms with Gasteiger partial charge in [-0.1, -0.05) is 23.7 Å². The van der Waals surface area contributed by atoms with Gasteiger partial charge in [-0.05, 0) is 74.0 Å². The Morgan fingerprint density at radius 1 is 1.13 bits per heavy atom. The van der Waals surface area contributed by atoms with Crippen LogP contribution in [0.3, 0.4) is 0 Å². The lowest BCUT2D eigenvalue weighted by Crippen LogP contribution is -2.33. The van der Waals surface area contributed by atoms with Crippen LogP contribution in [0.1, 0.15) is 28.8 Å². The van der Waals surface area contributed by atoms with E-state index in [-0.39, 0.29) is 11.5 Å². The molecule has 2 aromatic carbocycles. The topological polar surface area (TPSA) is 70.1 Å². The summed E-state index contributed by atoms with van der Waals surface area (Å²) in [5, 5.41) is 4.09. The largest absolute Gasteiger partial charge is 0.351 e. The summed E-state index contributed by atoms with van der Waals surface area (Å²) >= 11 is 11.3. The normalized spacial score (nSPS) is 14.3. The van der Waals surface area contributed by atoms with Gasteiger partial charge in [-0.25, -0.2) is 0 Å². The van der Waals surface area contributed by atoms with Gasteiger partial charge in [0.1, 0.15) is 0 Å². The van der Waals surface area contributed by atoms with Crippen LogP contribution in [0, 0.1) is 4.77 Å². The second-order valence-corrected chi connectivity index (χ2v) is 8.34. The number of aromatic amines is 1. The van der Waals surface area contributed by atoms with Crippen molar-refractivity contribution in [3.8, 4) is 0 Å². The SMILES string of the molecule is O=C(NCCN1CCCC1)c1ccc2c(=O)n(Cc3ccc(Cl)cc3)c(=S)[nH]c2c1. The van der Waals surface area contributed by atoms with E-state index in [9.17, 15) is 9.59 Å². The second kappa shape index (κ2) is 9.12. The molecule has 0 spiro atoms. The van der Waals surface area contributed by atoms with Crippen LogP contribution in [0.4, 0.5) is 0 Å². The fourth-order valence-corrected chi connectivity index (χ4v) is 4.13. The van der Waals surface area contributed by atoms with Gasteiger partial charge in [0, 0.05) is 23.7 Å². The molecule has 0 atom stereocenters. The summed E-state index contributed by atoms with van der Waals surface area (Å²) in [7, 11) is 0. The molecule has 1 aliphatic heterocycles. The molecule has 1 saturated heterocycles. The molecule has 1 fully saturated rings. The van der Waals surface area contributed by atoms with E-state index in [1.54, 1.807) is 30.3 Å². The Bertz CT molecular complexity index is 1180. The first-order valence-electron chi connectivity index (χ1n) is 10.0. The van der Waals surface area contributed by atoms with E-state index in [2.05, 4.69) is 15.2 Å². The Labute approximate surface area is 184 Å². The van der Waals surface area contributed by atoms with Crippen LogP contribution in [0.15, 0.2) is 47.3 Å². The number of nitrogens with one attached hydrogen (secondary N) is 2. The molecule has 0 bridgehead atoms. The van der Waals surface area contributed by atoms with Crippen LogP contribution < -0.4 is 10.9 Å². The third-order valence-corrected chi connectivity index (χ3v) is 5.98. The molecule has 156 valence electrons. The third-order valence-electron chi connectivity index (χ3n) is 5.41. The van der Waals surface area contributed by atoms with Gasteiger partial charge in [0.2, 0.25) is 0 Å². The Hall–Kier alpha value is -2.48. The van der Waals surface area contributed by atoms with Crippen molar-refractivity contribution >= 4 is 40.6 Å². The summed E-state index contributed by atoms with van der Waals surface area (Å²) in [6.45, 7) is 4.02. The summed E-state index contributed by atoms with van der Waals surface area (Å²) in [6.07, 6.45) is 2.46. The first-order chi connectivity index (χ1) is 14.5. The quantitative estimate of drug-likeness (QED) is 0.572. The van der Waals surface area contributed by atoms with E-state index < -0.39 is 0 Å². The number of hydrogen-bond donors (Lipinski definition) is 2. The van der Waals surface area contributed by atoms with Crippen LogP contribution in [-0.2, 0) is 6.54 Å². The molecule has 8 heteroatoms. The van der Waals surface area contributed by atoms with Crippen LogP contribution in [0.2, 0.25) is 5.02 Å². The summed E-state index contributed by atoms with van der Waals surface area (Å²) in [5.74, 6) is -0.152. The van der Waals surface area contributed by atoms with Gasteiger partial charge in [0.25, 0.3) is 11.5 Å². The zero-order valence-corrected chi connectivity index (χ0v) is 18.1. The number of nitrogens with zero attached hydrogens (tertiary/aromatic N) is 2. The molecule has 0 saturated carbocycles. The monoisotopic (exact) mass is 442 g/mol. The zero-order chi connectivity index (χ0) is 21.1. The number of carbonyl (C=O) groups is 1. The maximum atomic E-state index is 13.0. The van der Waals surface area contributed by atoms with Gasteiger partial charge in [-0.15, -0.1) is 0 Å². The molecule has 1 aromatic heterocycles. The fourth-order valence-electron chi connectivity index (χ4n) is 3.75. The molecule has 1 amide bonds. The van der Waals surface area contributed by atoms with Crippen molar-refractivity contribution in [3.05, 3.63) is 73.7 Å². The number of amides is 1. The highest BCUT2D eigenvalue weighted by Gasteiger charge is 2.13. The summed E-state index contributed by atoms with van der Waals surface area (Å²) in [4.78, 5) is 30.9. The average Bonchev–Trinajstić information content (AvgIpc) is 3.25. The number of fused-ring (bicyclic) bond motifs is 1. The van der Waals surface area contributed by atoms with Crippen molar-refractivity contribution in [1.82, 2.24) is 19.8 Å². The Balaban J connectivity index is 1.53. The average molecular weight is 443 g/mol. The molecule has 0 unspecified atom stereocenters. The first-order valence-corrected chi connectivity index (χ1v) is 10.8. The van der Waals surface area contributed by atoms with Crippen LogP contribution in [0.25, 0.3) is 10.9 Å². The highest BCUT2D eigenvalue weighted by Crippen LogP contribution is 2.14. The minimum absolute atomic E-state index is 0.152. The van der Waals surface area contributed by atoms with Crippen molar-refractivity contribution in [2.75, 3.05) is 26.2 Å². The molecular weight excluding hydrogens is 420 g/mol. The lowest BCUT2D eigenvalue weighted by molar-refractivity contribution is 0.0950.